The lowest BCUT2D eigenvalue weighted by atomic mass is 9.82. The van der Waals surface area contributed by atoms with E-state index >= 15 is 0 Å². The highest BCUT2D eigenvalue weighted by atomic mass is 32.2. The van der Waals surface area contributed by atoms with Gasteiger partial charge in [-0.15, -0.1) is 0 Å². The molecule has 5 nitrogen and oxygen atoms in total. The lowest BCUT2D eigenvalue weighted by Gasteiger charge is -2.34. The van der Waals surface area contributed by atoms with E-state index in [1.807, 2.05) is 6.07 Å². The van der Waals surface area contributed by atoms with E-state index < -0.39 is 10.0 Å². The highest BCUT2D eigenvalue weighted by Crippen LogP contribution is 2.32. The van der Waals surface area contributed by atoms with Crippen LogP contribution in [0.5, 0.6) is 0 Å². The van der Waals surface area contributed by atoms with Crippen LogP contribution in [0.1, 0.15) is 24.0 Å². The fraction of sp³-hybridized carbons (Fsp3) is 0.571. The molecule has 0 heterocycles. The van der Waals surface area contributed by atoms with E-state index in [-0.39, 0.29) is 16.9 Å². The zero-order chi connectivity index (χ0) is 15.1. The molecule has 0 radical (unpaired) electrons. The van der Waals surface area contributed by atoms with Gasteiger partial charge in [-0.05, 0) is 43.7 Å². The number of rotatable bonds is 4. The van der Waals surface area contributed by atoms with Gasteiger partial charge in [0.05, 0.1) is 11.8 Å². The molecule has 0 amide bonds. The van der Waals surface area contributed by atoms with Crippen LogP contribution in [0.4, 0.5) is 5.69 Å². The molecule has 0 atom stereocenters. The van der Waals surface area contributed by atoms with Crippen molar-refractivity contribution in [3.05, 3.63) is 23.3 Å². The van der Waals surface area contributed by atoms with Crippen LogP contribution in [0, 0.1) is 19.8 Å². The Labute approximate surface area is 120 Å². The monoisotopic (exact) mass is 298 g/mol. The molecular formula is C14H22N2O3S. The minimum absolute atomic E-state index is 0.208. The Morgan fingerprint density at radius 2 is 1.85 bits per heavy atom. The van der Waals surface area contributed by atoms with Crippen LogP contribution in [0.15, 0.2) is 17.0 Å². The van der Waals surface area contributed by atoms with Crippen LogP contribution < -0.4 is 5.73 Å². The predicted molar refractivity (Wildman–Crippen MR) is 78.9 cm³/mol. The molecule has 1 aromatic rings. The molecule has 1 fully saturated rings. The van der Waals surface area contributed by atoms with Crippen LogP contribution in [0.3, 0.4) is 0 Å². The van der Waals surface area contributed by atoms with E-state index in [4.69, 9.17) is 5.73 Å². The molecule has 0 spiro atoms. The number of aliphatic hydroxyl groups excluding tert-OH is 1. The molecule has 1 aliphatic rings. The van der Waals surface area contributed by atoms with Gasteiger partial charge in [-0.1, -0.05) is 12.1 Å². The first-order chi connectivity index (χ1) is 9.23. The average molecular weight is 298 g/mol. The third kappa shape index (κ3) is 2.68. The molecule has 0 aromatic heterocycles. The van der Waals surface area contributed by atoms with E-state index in [9.17, 15) is 13.5 Å². The summed E-state index contributed by atoms with van der Waals surface area (Å²) < 4.78 is 26.7. The first kappa shape index (κ1) is 15.3. The Hall–Kier alpha value is -1.11. The summed E-state index contributed by atoms with van der Waals surface area (Å²) in [5.74, 6) is 0.233. The lowest BCUT2D eigenvalue weighted by Crippen LogP contribution is -2.39. The van der Waals surface area contributed by atoms with E-state index in [1.165, 1.54) is 4.31 Å². The smallest absolute Gasteiger partial charge is 0.245 e. The normalized spacial score (nSPS) is 22.9. The van der Waals surface area contributed by atoms with Crippen LogP contribution in [0.2, 0.25) is 0 Å². The maximum absolute atomic E-state index is 12.7. The molecule has 2 rings (SSSR count). The summed E-state index contributed by atoms with van der Waals surface area (Å²) in [6.45, 7) is 3.98. The number of hydrogen-bond acceptors (Lipinski definition) is 4. The van der Waals surface area contributed by atoms with Crippen LogP contribution >= 0.6 is 0 Å². The molecule has 1 aromatic carbocycles. The van der Waals surface area contributed by atoms with Crippen molar-refractivity contribution in [2.45, 2.75) is 37.7 Å². The van der Waals surface area contributed by atoms with E-state index in [0.717, 1.165) is 5.56 Å². The topological polar surface area (TPSA) is 83.6 Å². The summed E-state index contributed by atoms with van der Waals surface area (Å²) in [6.07, 6.45) is 1.06. The number of sulfonamides is 1. The Kier molecular flexibility index (Phi) is 4.09. The Balaban J connectivity index is 2.28. The minimum Gasteiger partial charge on any atom is -0.397 e. The number of nitrogens with two attached hydrogens (primary N) is 1. The quantitative estimate of drug-likeness (QED) is 0.820. The second-order valence-electron chi connectivity index (χ2n) is 5.72. The van der Waals surface area contributed by atoms with E-state index in [1.54, 1.807) is 27.0 Å². The first-order valence-corrected chi connectivity index (χ1v) is 8.17. The zero-order valence-corrected chi connectivity index (χ0v) is 12.9. The number of nitrogens with zero attached hydrogens (tertiary/aromatic N) is 1. The van der Waals surface area contributed by atoms with Gasteiger partial charge in [0.15, 0.2) is 0 Å². The summed E-state index contributed by atoms with van der Waals surface area (Å²) >= 11 is 0. The maximum atomic E-state index is 12.7. The third-order valence-corrected chi connectivity index (χ3v) is 6.03. The number of hydrogen-bond donors (Lipinski definition) is 2. The fourth-order valence-corrected chi connectivity index (χ4v) is 4.25. The van der Waals surface area contributed by atoms with Crippen molar-refractivity contribution in [1.29, 1.82) is 0 Å². The van der Waals surface area contributed by atoms with Crippen LogP contribution in [0.25, 0.3) is 0 Å². The van der Waals surface area contributed by atoms with Crippen molar-refractivity contribution in [2.24, 2.45) is 5.92 Å². The molecule has 6 heteroatoms. The molecule has 0 saturated heterocycles. The molecule has 0 unspecified atom stereocenters. The molecule has 1 aliphatic carbocycles. The molecular weight excluding hydrogens is 276 g/mol. The van der Waals surface area contributed by atoms with Gasteiger partial charge in [0.25, 0.3) is 0 Å². The molecule has 3 N–H and O–H groups in total. The van der Waals surface area contributed by atoms with Gasteiger partial charge in [0.2, 0.25) is 10.0 Å². The van der Waals surface area contributed by atoms with Crippen molar-refractivity contribution in [2.75, 3.05) is 19.3 Å². The largest absolute Gasteiger partial charge is 0.397 e. The van der Waals surface area contributed by atoms with Gasteiger partial charge >= 0.3 is 0 Å². The SMILES string of the molecule is Cc1ccc(C)c(S(=O)(=O)N(C)CC2CC(O)C2)c1N. The van der Waals surface area contributed by atoms with Gasteiger partial charge in [-0.3, -0.25) is 0 Å². The van der Waals surface area contributed by atoms with Crippen molar-refractivity contribution in [3.63, 3.8) is 0 Å². The number of aryl methyl sites for hydroxylation is 2. The van der Waals surface area contributed by atoms with Crippen LogP contribution in [-0.4, -0.2) is 37.5 Å². The Morgan fingerprint density at radius 1 is 1.30 bits per heavy atom. The second kappa shape index (κ2) is 5.35. The van der Waals surface area contributed by atoms with Crippen molar-refractivity contribution in [1.82, 2.24) is 4.31 Å². The number of aliphatic hydroxyl groups is 1. The molecule has 0 aliphatic heterocycles. The maximum Gasteiger partial charge on any atom is 0.245 e. The highest BCUT2D eigenvalue weighted by molar-refractivity contribution is 7.89. The third-order valence-electron chi connectivity index (χ3n) is 4.01. The van der Waals surface area contributed by atoms with Gasteiger partial charge < -0.3 is 10.8 Å². The predicted octanol–water partition coefficient (Wildman–Crippen LogP) is 1.28. The number of benzene rings is 1. The van der Waals surface area contributed by atoms with Crippen molar-refractivity contribution < 1.29 is 13.5 Å². The fourth-order valence-electron chi connectivity index (χ4n) is 2.62. The van der Waals surface area contributed by atoms with Gasteiger partial charge in [-0.2, -0.15) is 0 Å². The first-order valence-electron chi connectivity index (χ1n) is 6.73. The Bertz CT molecular complexity index is 607. The summed E-state index contributed by atoms with van der Waals surface area (Å²) in [5.41, 5.74) is 7.71. The van der Waals surface area contributed by atoms with Gasteiger partial charge in [-0.25, -0.2) is 12.7 Å². The second-order valence-corrected chi connectivity index (χ2v) is 7.70. The highest BCUT2D eigenvalue weighted by Gasteiger charge is 2.33. The van der Waals surface area contributed by atoms with Crippen LogP contribution in [-0.2, 0) is 10.0 Å². The molecule has 1 saturated carbocycles. The lowest BCUT2D eigenvalue weighted by molar-refractivity contribution is 0.0367. The summed E-state index contributed by atoms with van der Waals surface area (Å²) in [6, 6.07) is 3.60. The van der Waals surface area contributed by atoms with Crippen molar-refractivity contribution in [3.8, 4) is 0 Å². The molecule has 112 valence electrons. The summed E-state index contributed by atoms with van der Waals surface area (Å²) in [5, 5.41) is 9.29. The number of nitrogen functional groups attached to an aromatic ring is 1. The zero-order valence-electron chi connectivity index (χ0n) is 12.1. The standard InChI is InChI=1S/C14H22N2O3S/c1-9-4-5-10(2)14(13(9)15)20(18,19)16(3)8-11-6-12(17)7-11/h4-5,11-12,17H,6-8,15H2,1-3H3. The van der Waals surface area contributed by atoms with E-state index in [0.29, 0.717) is 30.6 Å². The molecule has 0 bridgehead atoms. The number of anilines is 1. The summed E-state index contributed by atoms with van der Waals surface area (Å²) in [4.78, 5) is 0.208. The van der Waals surface area contributed by atoms with Gasteiger partial charge in [0.1, 0.15) is 4.90 Å². The summed E-state index contributed by atoms with van der Waals surface area (Å²) in [7, 11) is -2.01. The minimum atomic E-state index is -3.58. The average Bonchev–Trinajstić information content (AvgIpc) is 2.32. The van der Waals surface area contributed by atoms with E-state index in [2.05, 4.69) is 0 Å². The Morgan fingerprint density at radius 3 is 2.40 bits per heavy atom. The van der Waals surface area contributed by atoms with Gasteiger partial charge in [0, 0.05) is 13.6 Å². The molecule has 20 heavy (non-hydrogen) atoms. The van der Waals surface area contributed by atoms with Crippen molar-refractivity contribution >= 4 is 15.7 Å².